The maximum atomic E-state index is 12.5. The molecule has 2 aromatic heterocycles. The number of carbonyl (C=O) groups is 1. The Morgan fingerprint density at radius 2 is 1.85 bits per heavy atom. The van der Waals surface area contributed by atoms with E-state index in [2.05, 4.69) is 58.5 Å². The molecule has 0 unspecified atom stereocenters. The lowest BCUT2D eigenvalue weighted by Gasteiger charge is -2.10. The van der Waals surface area contributed by atoms with E-state index in [4.69, 9.17) is 0 Å². The van der Waals surface area contributed by atoms with Crippen LogP contribution < -0.4 is 5.32 Å². The molecule has 6 heteroatoms. The predicted molar refractivity (Wildman–Crippen MR) is 107 cm³/mol. The molecule has 0 amide bonds. The van der Waals surface area contributed by atoms with Crippen molar-refractivity contribution in [3.63, 3.8) is 0 Å². The summed E-state index contributed by atoms with van der Waals surface area (Å²) in [4.78, 5) is 21.2. The molecule has 0 saturated carbocycles. The fourth-order valence-corrected chi connectivity index (χ4v) is 2.64. The highest BCUT2D eigenvalue weighted by atomic mass is 16.2. The summed E-state index contributed by atoms with van der Waals surface area (Å²) in [7, 11) is 0. The summed E-state index contributed by atoms with van der Waals surface area (Å²) < 4.78 is 1.36. The van der Waals surface area contributed by atoms with E-state index in [1.54, 1.807) is 12.4 Å². The second kappa shape index (κ2) is 8.12. The van der Waals surface area contributed by atoms with Gasteiger partial charge in [0.25, 0.3) is 5.91 Å². The van der Waals surface area contributed by atoms with E-state index in [0.717, 1.165) is 11.1 Å². The Morgan fingerprint density at radius 1 is 1.11 bits per heavy atom. The second-order valence-electron chi connectivity index (χ2n) is 7.16. The van der Waals surface area contributed by atoms with Gasteiger partial charge in [-0.3, -0.25) is 9.78 Å². The van der Waals surface area contributed by atoms with Gasteiger partial charge in [0.1, 0.15) is 0 Å². The van der Waals surface area contributed by atoms with E-state index < -0.39 is 0 Å². The van der Waals surface area contributed by atoms with Gasteiger partial charge in [-0.25, -0.2) is 0 Å². The number of hydrogen-bond donors (Lipinski definition) is 1. The van der Waals surface area contributed by atoms with E-state index in [1.807, 2.05) is 26.0 Å². The molecule has 0 fully saturated rings. The molecule has 3 rings (SSSR count). The summed E-state index contributed by atoms with van der Waals surface area (Å²) in [6.45, 7) is 8.61. The highest BCUT2D eigenvalue weighted by Gasteiger charge is 2.19. The third kappa shape index (κ3) is 4.39. The minimum atomic E-state index is -0.181. The van der Waals surface area contributed by atoms with Gasteiger partial charge in [-0.1, -0.05) is 52.0 Å². The number of pyridine rings is 1. The van der Waals surface area contributed by atoms with E-state index >= 15 is 0 Å². The maximum Gasteiger partial charge on any atom is 0.252 e. The molecule has 0 bridgehead atoms. The third-order valence-electron chi connectivity index (χ3n) is 4.33. The Morgan fingerprint density at radius 3 is 2.44 bits per heavy atom. The Balaban J connectivity index is 1.84. The van der Waals surface area contributed by atoms with E-state index in [0.29, 0.717) is 24.2 Å². The zero-order chi connectivity index (χ0) is 19.4. The molecule has 1 aromatic carbocycles. The van der Waals surface area contributed by atoms with Gasteiger partial charge in [0.2, 0.25) is 5.95 Å². The number of nitrogens with one attached hydrogen (secondary N) is 1. The molecule has 6 nitrogen and oxygen atoms in total. The number of carbonyl (C=O) groups excluding carboxylic acids is 1. The molecule has 0 aliphatic carbocycles. The van der Waals surface area contributed by atoms with E-state index in [1.165, 1.54) is 10.2 Å². The summed E-state index contributed by atoms with van der Waals surface area (Å²) in [5.41, 5.74) is 3.20. The van der Waals surface area contributed by atoms with Crippen molar-refractivity contribution in [3.8, 4) is 11.4 Å². The van der Waals surface area contributed by atoms with Crippen molar-refractivity contribution in [3.05, 3.63) is 59.9 Å². The van der Waals surface area contributed by atoms with Crippen LogP contribution in [0.1, 0.15) is 49.5 Å². The first-order valence-corrected chi connectivity index (χ1v) is 9.20. The van der Waals surface area contributed by atoms with Crippen molar-refractivity contribution < 1.29 is 4.79 Å². The van der Waals surface area contributed by atoms with Crippen molar-refractivity contribution in [2.24, 2.45) is 5.92 Å². The number of aromatic nitrogens is 4. The van der Waals surface area contributed by atoms with Crippen LogP contribution in [0.5, 0.6) is 0 Å². The van der Waals surface area contributed by atoms with E-state index in [-0.39, 0.29) is 11.8 Å². The average Bonchev–Trinajstić information content (AvgIpc) is 3.11. The van der Waals surface area contributed by atoms with Crippen LogP contribution in [0.15, 0.2) is 48.8 Å². The van der Waals surface area contributed by atoms with Crippen LogP contribution in [0.25, 0.3) is 11.4 Å². The molecule has 0 saturated heterocycles. The monoisotopic (exact) mass is 363 g/mol. The van der Waals surface area contributed by atoms with Gasteiger partial charge < -0.3 is 5.32 Å². The van der Waals surface area contributed by atoms with Crippen LogP contribution in [-0.2, 0) is 6.54 Å². The molecular formula is C21H25N5O. The zero-order valence-corrected chi connectivity index (χ0v) is 16.2. The molecule has 3 aromatic rings. The molecular weight excluding hydrogens is 338 g/mol. The predicted octanol–water partition coefficient (Wildman–Crippen LogP) is 4.37. The van der Waals surface area contributed by atoms with Crippen molar-refractivity contribution >= 4 is 11.9 Å². The van der Waals surface area contributed by atoms with Gasteiger partial charge >= 0.3 is 0 Å². The highest BCUT2D eigenvalue weighted by molar-refractivity contribution is 5.83. The number of rotatable bonds is 6. The second-order valence-corrected chi connectivity index (χ2v) is 7.16. The van der Waals surface area contributed by atoms with Crippen molar-refractivity contribution in [1.29, 1.82) is 0 Å². The lowest BCUT2D eigenvalue weighted by molar-refractivity contribution is 0.0841. The largest absolute Gasteiger partial charge is 0.350 e. The van der Waals surface area contributed by atoms with Crippen molar-refractivity contribution in [1.82, 2.24) is 19.7 Å². The Kier molecular flexibility index (Phi) is 5.64. The zero-order valence-electron chi connectivity index (χ0n) is 16.2. The normalized spacial score (nSPS) is 11.2. The van der Waals surface area contributed by atoms with Gasteiger partial charge in [-0.15, -0.1) is 5.10 Å². The van der Waals surface area contributed by atoms with Crippen LogP contribution in [0.2, 0.25) is 0 Å². The number of nitrogens with zero attached hydrogens (tertiary/aromatic N) is 4. The summed E-state index contributed by atoms with van der Waals surface area (Å²) in [5, 5.41) is 7.66. The van der Waals surface area contributed by atoms with Gasteiger partial charge in [0.05, 0.1) is 0 Å². The minimum absolute atomic E-state index is 0.102. The van der Waals surface area contributed by atoms with Crippen LogP contribution >= 0.6 is 0 Å². The van der Waals surface area contributed by atoms with Gasteiger partial charge in [-0.2, -0.15) is 9.67 Å². The SMILES string of the molecule is CC(C)C(=O)n1nc(-c2cccnc2)nc1NCc1ccc(C(C)C)cc1. The van der Waals surface area contributed by atoms with Crippen LogP contribution in [-0.4, -0.2) is 25.7 Å². The topological polar surface area (TPSA) is 72.7 Å². The Hall–Kier alpha value is -3.02. The average molecular weight is 363 g/mol. The van der Waals surface area contributed by atoms with Crippen LogP contribution in [0.3, 0.4) is 0 Å². The van der Waals surface area contributed by atoms with Gasteiger partial charge in [-0.05, 0) is 29.2 Å². The summed E-state index contributed by atoms with van der Waals surface area (Å²) in [5.74, 6) is 1.14. The van der Waals surface area contributed by atoms with Crippen molar-refractivity contribution in [2.45, 2.75) is 40.2 Å². The fourth-order valence-electron chi connectivity index (χ4n) is 2.64. The third-order valence-corrected chi connectivity index (χ3v) is 4.33. The van der Waals surface area contributed by atoms with Crippen LogP contribution in [0, 0.1) is 5.92 Å². The fraction of sp³-hybridized carbons (Fsp3) is 0.333. The molecule has 1 N–H and O–H groups in total. The van der Waals surface area contributed by atoms with Gasteiger partial charge in [0, 0.05) is 30.4 Å². The summed E-state index contributed by atoms with van der Waals surface area (Å²) in [6, 6.07) is 12.1. The molecule has 140 valence electrons. The quantitative estimate of drug-likeness (QED) is 0.704. The maximum absolute atomic E-state index is 12.5. The number of benzene rings is 1. The highest BCUT2D eigenvalue weighted by Crippen LogP contribution is 2.19. The van der Waals surface area contributed by atoms with Crippen molar-refractivity contribution in [2.75, 3.05) is 5.32 Å². The minimum Gasteiger partial charge on any atom is -0.350 e. The lowest BCUT2D eigenvalue weighted by Crippen LogP contribution is -2.21. The first kappa shape index (κ1) is 18.8. The molecule has 0 radical (unpaired) electrons. The smallest absolute Gasteiger partial charge is 0.252 e. The lowest BCUT2D eigenvalue weighted by atomic mass is 10.0. The molecule has 0 atom stereocenters. The Labute approximate surface area is 159 Å². The first-order chi connectivity index (χ1) is 13.0. The van der Waals surface area contributed by atoms with Crippen LogP contribution in [0.4, 0.5) is 5.95 Å². The molecule has 2 heterocycles. The molecule has 0 aliphatic rings. The molecule has 0 aliphatic heterocycles. The van der Waals surface area contributed by atoms with E-state index in [9.17, 15) is 4.79 Å². The number of anilines is 1. The number of hydrogen-bond acceptors (Lipinski definition) is 5. The summed E-state index contributed by atoms with van der Waals surface area (Å²) in [6.07, 6.45) is 3.38. The summed E-state index contributed by atoms with van der Waals surface area (Å²) >= 11 is 0. The molecule has 27 heavy (non-hydrogen) atoms. The standard InChI is InChI=1S/C21H25N5O/c1-14(2)17-9-7-16(8-10-17)12-23-21-24-19(18-6-5-11-22-13-18)25-26(21)20(27)15(3)4/h5-11,13-15H,12H2,1-4H3,(H,23,24,25). The first-order valence-electron chi connectivity index (χ1n) is 9.20. The van der Waals surface area contributed by atoms with Gasteiger partial charge in [0.15, 0.2) is 5.82 Å². The Bertz CT molecular complexity index is 898. The molecule has 0 spiro atoms.